The molecule has 6 nitrogen and oxygen atoms in total. The number of carbonyl (C=O) groups excluding carboxylic acids is 3. The van der Waals surface area contributed by atoms with Gasteiger partial charge in [-0.25, -0.2) is 9.59 Å². The Kier molecular flexibility index (Phi) is 49.7. The second kappa shape index (κ2) is 53.6. The van der Waals surface area contributed by atoms with Crippen LogP contribution in [0, 0.1) is 0 Å². The van der Waals surface area contributed by atoms with Gasteiger partial charge >= 0.3 is 17.9 Å². The Labute approximate surface area is 409 Å². The Morgan fingerprint density at radius 2 is 0.657 bits per heavy atom. The van der Waals surface area contributed by atoms with Crippen molar-refractivity contribution in [3.05, 3.63) is 158 Å². The molecule has 0 spiro atoms. The van der Waals surface area contributed by atoms with Crippen LogP contribution >= 0.6 is 0 Å². The molecule has 0 heterocycles. The standard InChI is InChI=1S/C61H92O6/c1-4-7-10-13-16-19-22-25-28-30-33-35-38-41-44-47-50-53-59(62)65-56-58(67-61(64)55-52-49-46-43-40-37-32-27-24-21-18-15-12-9-6-3)57-66-60(63)54-51-48-45-42-39-36-34-31-29-26-23-20-17-14-11-8-5-2/h18,21,27-36,38-45,47-48,50-51,53-54,58H,4-17,19-20,22-26,37,46,49,52,55-57H2,1-3H3/b21-18-,30-28?,31-29?,32-27-,35-33?,36-34?,41-38?,42-39?,43-40-,47-44?,48-45?,53-50?,54-51?. The summed E-state index contributed by atoms with van der Waals surface area (Å²) in [6.45, 7) is 6.23. The third-order valence-corrected chi connectivity index (χ3v) is 10.4. The van der Waals surface area contributed by atoms with Crippen LogP contribution in [0.4, 0.5) is 0 Å². The van der Waals surface area contributed by atoms with E-state index in [9.17, 15) is 14.4 Å². The number of allylic oxidation sites excluding steroid dienone is 24. The summed E-state index contributed by atoms with van der Waals surface area (Å²) in [6.07, 6.45) is 79.2. The van der Waals surface area contributed by atoms with Crippen molar-refractivity contribution < 1.29 is 28.6 Å². The van der Waals surface area contributed by atoms with E-state index in [1.807, 2.05) is 60.8 Å². The van der Waals surface area contributed by atoms with E-state index in [0.717, 1.165) is 44.9 Å². The lowest BCUT2D eigenvalue weighted by Gasteiger charge is -2.17. The molecule has 0 aliphatic heterocycles. The molecule has 0 aromatic rings. The minimum Gasteiger partial charge on any atom is -0.458 e. The zero-order valence-corrected chi connectivity index (χ0v) is 42.3. The third-order valence-electron chi connectivity index (χ3n) is 10.4. The Morgan fingerprint density at radius 1 is 0.343 bits per heavy atom. The molecule has 0 aliphatic rings. The van der Waals surface area contributed by atoms with Crippen LogP contribution in [0.1, 0.15) is 188 Å². The van der Waals surface area contributed by atoms with Gasteiger partial charge in [0.2, 0.25) is 0 Å². The highest BCUT2D eigenvalue weighted by molar-refractivity contribution is 5.83. The Morgan fingerprint density at radius 3 is 1.09 bits per heavy atom. The molecule has 6 heteroatoms. The average Bonchev–Trinajstić information content (AvgIpc) is 3.33. The molecule has 0 saturated heterocycles. The predicted molar refractivity (Wildman–Crippen MR) is 288 cm³/mol. The first-order valence-corrected chi connectivity index (χ1v) is 26.2. The zero-order valence-electron chi connectivity index (χ0n) is 42.3. The first-order valence-electron chi connectivity index (χ1n) is 26.2. The highest BCUT2D eigenvalue weighted by atomic mass is 16.6. The van der Waals surface area contributed by atoms with Crippen molar-refractivity contribution in [1.29, 1.82) is 0 Å². The minimum absolute atomic E-state index is 0.211. The highest BCUT2D eigenvalue weighted by Gasteiger charge is 2.18. The van der Waals surface area contributed by atoms with Crippen LogP contribution in [0.3, 0.4) is 0 Å². The maximum Gasteiger partial charge on any atom is 0.330 e. The fraction of sp³-hybridized carbons (Fsp3) is 0.525. The van der Waals surface area contributed by atoms with Gasteiger partial charge in [0.05, 0.1) is 0 Å². The van der Waals surface area contributed by atoms with E-state index in [1.165, 1.54) is 121 Å². The van der Waals surface area contributed by atoms with Gasteiger partial charge in [-0.2, -0.15) is 0 Å². The average molecular weight is 921 g/mol. The largest absolute Gasteiger partial charge is 0.458 e. The smallest absolute Gasteiger partial charge is 0.330 e. The van der Waals surface area contributed by atoms with Gasteiger partial charge in [0.15, 0.2) is 6.10 Å². The molecule has 0 aromatic heterocycles. The van der Waals surface area contributed by atoms with Crippen molar-refractivity contribution in [2.24, 2.45) is 0 Å². The van der Waals surface area contributed by atoms with Crippen molar-refractivity contribution in [3.63, 3.8) is 0 Å². The lowest BCUT2D eigenvalue weighted by Crippen LogP contribution is -2.30. The maximum atomic E-state index is 12.8. The monoisotopic (exact) mass is 921 g/mol. The molecule has 0 fully saturated rings. The summed E-state index contributed by atoms with van der Waals surface area (Å²) in [6, 6.07) is 0. The summed E-state index contributed by atoms with van der Waals surface area (Å²) in [5, 5.41) is 0. The molecule has 0 amide bonds. The second-order valence-corrected chi connectivity index (χ2v) is 16.7. The first kappa shape index (κ1) is 62.0. The van der Waals surface area contributed by atoms with Gasteiger partial charge < -0.3 is 14.2 Å². The first-order chi connectivity index (χ1) is 33.0. The molecule has 0 aliphatic carbocycles. The van der Waals surface area contributed by atoms with Crippen LogP contribution in [0.15, 0.2) is 158 Å². The van der Waals surface area contributed by atoms with Crippen LogP contribution in [0.2, 0.25) is 0 Å². The van der Waals surface area contributed by atoms with E-state index in [1.54, 1.807) is 24.3 Å². The second-order valence-electron chi connectivity index (χ2n) is 16.7. The number of ether oxygens (including phenoxy) is 3. The molecule has 0 atom stereocenters. The molecular formula is C61H92O6. The SMILES string of the molecule is CCCCC/C=C\C/C=C\C/C=C\CCCCC(=O)OC(COC(=O)C=CC=CC=CC=CC=CCCCCCCCCC)COC(=O)C=CC=CC=CC=CC=CCCCCCCCCC. The predicted octanol–water partition coefficient (Wildman–Crippen LogP) is 17.4. The van der Waals surface area contributed by atoms with Crippen LogP contribution in [-0.4, -0.2) is 37.2 Å². The van der Waals surface area contributed by atoms with Gasteiger partial charge in [-0.1, -0.05) is 256 Å². The summed E-state index contributed by atoms with van der Waals surface area (Å²) >= 11 is 0. The maximum absolute atomic E-state index is 12.8. The van der Waals surface area contributed by atoms with E-state index in [-0.39, 0.29) is 19.6 Å². The Hall–Kier alpha value is -4.97. The van der Waals surface area contributed by atoms with Crippen LogP contribution < -0.4 is 0 Å². The van der Waals surface area contributed by atoms with E-state index in [2.05, 4.69) is 81.5 Å². The quantitative estimate of drug-likeness (QED) is 0.0151. The van der Waals surface area contributed by atoms with Crippen LogP contribution in [0.5, 0.6) is 0 Å². The van der Waals surface area contributed by atoms with Gasteiger partial charge in [0, 0.05) is 18.6 Å². The third kappa shape index (κ3) is 51.9. The van der Waals surface area contributed by atoms with Crippen molar-refractivity contribution in [2.75, 3.05) is 13.2 Å². The molecule has 372 valence electrons. The Balaban J connectivity index is 4.86. The van der Waals surface area contributed by atoms with Gasteiger partial charge in [-0.15, -0.1) is 0 Å². The molecule has 0 N–H and O–H groups in total. The van der Waals surface area contributed by atoms with Crippen molar-refractivity contribution in [2.45, 2.75) is 194 Å². The molecule has 0 rings (SSSR count). The molecular weight excluding hydrogens is 829 g/mol. The molecule has 0 radical (unpaired) electrons. The fourth-order valence-corrected chi connectivity index (χ4v) is 6.46. The molecule has 0 saturated carbocycles. The highest BCUT2D eigenvalue weighted by Crippen LogP contribution is 2.11. The van der Waals surface area contributed by atoms with E-state index >= 15 is 0 Å². The van der Waals surface area contributed by atoms with E-state index in [4.69, 9.17) is 14.2 Å². The zero-order chi connectivity index (χ0) is 48.6. The number of hydrogen-bond donors (Lipinski definition) is 0. The van der Waals surface area contributed by atoms with Crippen molar-refractivity contribution in [3.8, 4) is 0 Å². The topological polar surface area (TPSA) is 78.9 Å². The molecule has 67 heavy (non-hydrogen) atoms. The fourth-order valence-electron chi connectivity index (χ4n) is 6.46. The molecule has 0 aromatic carbocycles. The van der Waals surface area contributed by atoms with Gasteiger partial charge in [0.1, 0.15) is 13.2 Å². The van der Waals surface area contributed by atoms with Gasteiger partial charge in [-0.3, -0.25) is 4.79 Å². The number of hydrogen-bond acceptors (Lipinski definition) is 6. The van der Waals surface area contributed by atoms with Crippen molar-refractivity contribution >= 4 is 17.9 Å². The van der Waals surface area contributed by atoms with E-state index in [0.29, 0.717) is 6.42 Å². The summed E-state index contributed by atoms with van der Waals surface area (Å²) in [4.78, 5) is 37.7. The van der Waals surface area contributed by atoms with Crippen LogP contribution in [0.25, 0.3) is 0 Å². The number of carbonyl (C=O) groups is 3. The molecule has 0 unspecified atom stereocenters. The van der Waals surface area contributed by atoms with Gasteiger partial charge in [0.25, 0.3) is 0 Å². The minimum atomic E-state index is -0.940. The summed E-state index contributed by atoms with van der Waals surface area (Å²) < 4.78 is 16.3. The molecule has 0 bridgehead atoms. The lowest BCUT2D eigenvalue weighted by atomic mass is 10.1. The van der Waals surface area contributed by atoms with Crippen LogP contribution in [-0.2, 0) is 28.6 Å². The van der Waals surface area contributed by atoms with Crippen molar-refractivity contribution in [1.82, 2.24) is 0 Å². The number of esters is 3. The summed E-state index contributed by atoms with van der Waals surface area (Å²) in [7, 11) is 0. The van der Waals surface area contributed by atoms with Gasteiger partial charge in [-0.05, 0) is 70.6 Å². The number of unbranched alkanes of at least 4 members (excludes halogenated alkanes) is 19. The number of rotatable bonds is 44. The summed E-state index contributed by atoms with van der Waals surface area (Å²) in [5.74, 6) is -1.63. The normalized spacial score (nSPS) is 13.4. The Bertz CT molecular complexity index is 1490. The summed E-state index contributed by atoms with van der Waals surface area (Å²) in [5.41, 5.74) is 0. The van der Waals surface area contributed by atoms with E-state index < -0.39 is 24.0 Å². The lowest BCUT2D eigenvalue weighted by molar-refractivity contribution is -0.164.